The van der Waals surface area contributed by atoms with Crippen molar-refractivity contribution in [3.05, 3.63) is 65.4 Å². The Morgan fingerprint density at radius 1 is 1.19 bits per heavy atom. The predicted octanol–water partition coefficient (Wildman–Crippen LogP) is 3.59. The number of pyridine rings is 2. The standard InChI is InChI=1S/C21H21ClN4O4S/c1-4-20(27)26-13-14(5-10-19(26)23-2)15-11-18(21(30-3)24-12-15)25-31(28,29)17-8-6-16(22)7-9-17/h5-13,25H,4H2,1-3H3. The van der Waals surface area contributed by atoms with Crippen LogP contribution in [0.1, 0.15) is 18.1 Å². The second-order valence-electron chi connectivity index (χ2n) is 6.46. The smallest absolute Gasteiger partial charge is 0.262 e. The third-order valence-electron chi connectivity index (χ3n) is 4.47. The van der Waals surface area contributed by atoms with Crippen molar-refractivity contribution in [2.45, 2.75) is 18.2 Å². The van der Waals surface area contributed by atoms with Crippen LogP contribution >= 0.6 is 11.6 Å². The summed E-state index contributed by atoms with van der Waals surface area (Å²) in [6.45, 7) is 1.76. The van der Waals surface area contributed by atoms with Gasteiger partial charge in [0, 0.05) is 42.0 Å². The van der Waals surface area contributed by atoms with Gasteiger partial charge in [-0.3, -0.25) is 19.1 Å². The van der Waals surface area contributed by atoms with Gasteiger partial charge < -0.3 is 4.74 Å². The second kappa shape index (κ2) is 9.32. The van der Waals surface area contributed by atoms with Crippen molar-refractivity contribution >= 4 is 33.2 Å². The lowest BCUT2D eigenvalue weighted by atomic mass is 10.1. The van der Waals surface area contributed by atoms with E-state index in [9.17, 15) is 13.2 Å². The largest absolute Gasteiger partial charge is 0.480 e. The topological polar surface area (TPSA) is 103 Å². The number of methoxy groups -OCH3 is 1. The molecule has 31 heavy (non-hydrogen) atoms. The molecule has 2 heterocycles. The average molecular weight is 461 g/mol. The van der Waals surface area contributed by atoms with Crippen molar-refractivity contribution in [1.29, 1.82) is 0 Å². The summed E-state index contributed by atoms with van der Waals surface area (Å²) in [4.78, 5) is 20.7. The van der Waals surface area contributed by atoms with E-state index in [1.54, 1.807) is 38.4 Å². The van der Waals surface area contributed by atoms with Crippen molar-refractivity contribution < 1.29 is 17.9 Å². The second-order valence-corrected chi connectivity index (χ2v) is 8.58. The van der Waals surface area contributed by atoms with Crippen LogP contribution in [0.15, 0.2) is 64.7 Å². The molecule has 0 aliphatic heterocycles. The van der Waals surface area contributed by atoms with E-state index in [2.05, 4.69) is 14.7 Å². The van der Waals surface area contributed by atoms with Crippen LogP contribution < -0.4 is 14.9 Å². The van der Waals surface area contributed by atoms with E-state index in [0.29, 0.717) is 28.1 Å². The molecule has 0 unspecified atom stereocenters. The van der Waals surface area contributed by atoms with Crippen molar-refractivity contribution in [3.8, 4) is 17.0 Å². The van der Waals surface area contributed by atoms with Crippen LogP contribution in [-0.4, -0.2) is 38.0 Å². The van der Waals surface area contributed by atoms with E-state index in [4.69, 9.17) is 16.3 Å². The van der Waals surface area contributed by atoms with Crippen molar-refractivity contribution in [2.75, 3.05) is 18.9 Å². The number of nitrogens with zero attached hydrogens (tertiary/aromatic N) is 3. The lowest BCUT2D eigenvalue weighted by Crippen LogP contribution is -2.26. The molecule has 2 aromatic heterocycles. The molecular weight excluding hydrogens is 440 g/mol. The number of benzene rings is 1. The highest BCUT2D eigenvalue weighted by Gasteiger charge is 2.18. The Kier molecular flexibility index (Phi) is 6.77. The highest BCUT2D eigenvalue weighted by atomic mass is 35.5. The van der Waals surface area contributed by atoms with E-state index in [-0.39, 0.29) is 22.4 Å². The molecule has 0 amide bonds. The molecule has 0 saturated heterocycles. The first-order valence-corrected chi connectivity index (χ1v) is 11.2. The fourth-order valence-electron chi connectivity index (χ4n) is 2.88. The molecule has 1 aromatic carbocycles. The Hall–Kier alpha value is -3.17. The number of rotatable bonds is 6. The number of sulfonamides is 1. The summed E-state index contributed by atoms with van der Waals surface area (Å²) in [7, 11) is -0.900. The molecule has 3 rings (SSSR count). The van der Waals surface area contributed by atoms with E-state index in [1.807, 2.05) is 0 Å². The zero-order chi connectivity index (χ0) is 22.6. The van der Waals surface area contributed by atoms with Gasteiger partial charge in [0.1, 0.15) is 11.2 Å². The Bertz CT molecular complexity index is 1290. The molecule has 162 valence electrons. The molecule has 0 aliphatic rings. The molecule has 0 aliphatic carbocycles. The maximum Gasteiger partial charge on any atom is 0.262 e. The molecule has 1 N–H and O–H groups in total. The van der Waals surface area contributed by atoms with Gasteiger partial charge in [0.2, 0.25) is 11.8 Å². The third-order valence-corrected chi connectivity index (χ3v) is 6.11. The van der Waals surface area contributed by atoms with Gasteiger partial charge in [0.15, 0.2) is 0 Å². The van der Waals surface area contributed by atoms with Crippen LogP contribution in [0.2, 0.25) is 5.02 Å². The van der Waals surface area contributed by atoms with Gasteiger partial charge in [0.05, 0.1) is 12.0 Å². The van der Waals surface area contributed by atoms with Gasteiger partial charge in [-0.25, -0.2) is 13.4 Å². The average Bonchev–Trinajstić information content (AvgIpc) is 2.78. The summed E-state index contributed by atoms with van der Waals surface area (Å²) in [5.74, 6) is -0.00781. The van der Waals surface area contributed by atoms with Gasteiger partial charge in [0.25, 0.3) is 10.0 Å². The zero-order valence-corrected chi connectivity index (χ0v) is 18.7. The quantitative estimate of drug-likeness (QED) is 0.605. The molecule has 10 heteroatoms. The highest BCUT2D eigenvalue weighted by molar-refractivity contribution is 7.92. The van der Waals surface area contributed by atoms with E-state index >= 15 is 0 Å². The molecule has 0 radical (unpaired) electrons. The Morgan fingerprint density at radius 2 is 1.90 bits per heavy atom. The summed E-state index contributed by atoms with van der Waals surface area (Å²) in [6, 6.07) is 10.9. The fraction of sp³-hybridized carbons (Fsp3) is 0.190. The highest BCUT2D eigenvalue weighted by Crippen LogP contribution is 2.30. The van der Waals surface area contributed by atoms with Gasteiger partial charge in [-0.1, -0.05) is 18.5 Å². The number of carbonyl (C=O) groups excluding carboxylic acids is 1. The first-order valence-electron chi connectivity index (χ1n) is 9.30. The maximum atomic E-state index is 12.8. The van der Waals surface area contributed by atoms with Crippen molar-refractivity contribution in [1.82, 2.24) is 9.55 Å². The first kappa shape index (κ1) is 22.5. The van der Waals surface area contributed by atoms with Crippen LogP contribution in [0.25, 0.3) is 11.1 Å². The lowest BCUT2D eigenvalue weighted by molar-refractivity contribution is 0.0903. The van der Waals surface area contributed by atoms with E-state index in [0.717, 1.165) is 0 Å². The summed E-state index contributed by atoms with van der Waals surface area (Å²) < 4.78 is 34.8. The Labute approximate surface area is 185 Å². The van der Waals surface area contributed by atoms with Crippen LogP contribution in [0, 0.1) is 0 Å². The number of ether oxygens (including phenoxy) is 1. The fourth-order valence-corrected chi connectivity index (χ4v) is 4.05. The molecule has 0 atom stereocenters. The minimum atomic E-state index is -3.90. The minimum absolute atomic E-state index is 0.0460. The van der Waals surface area contributed by atoms with Crippen LogP contribution in [-0.2, 0) is 10.0 Å². The van der Waals surface area contributed by atoms with Crippen LogP contribution in [0.3, 0.4) is 0 Å². The molecule has 3 aromatic rings. The van der Waals surface area contributed by atoms with E-state index < -0.39 is 10.0 Å². The zero-order valence-electron chi connectivity index (χ0n) is 17.2. The summed E-state index contributed by atoms with van der Waals surface area (Å²) in [5, 5.41) is 0.428. The van der Waals surface area contributed by atoms with Crippen molar-refractivity contribution in [2.24, 2.45) is 4.99 Å². The number of aromatic nitrogens is 2. The first-order chi connectivity index (χ1) is 14.8. The van der Waals surface area contributed by atoms with Crippen LogP contribution in [0.4, 0.5) is 5.69 Å². The number of anilines is 1. The summed E-state index contributed by atoms with van der Waals surface area (Å²) in [5.41, 5.74) is 1.93. The van der Waals surface area contributed by atoms with Gasteiger partial charge in [-0.2, -0.15) is 0 Å². The summed E-state index contributed by atoms with van der Waals surface area (Å²) in [6.07, 6.45) is 3.50. The molecular formula is C21H21ClN4O4S. The molecule has 8 nitrogen and oxygen atoms in total. The number of carbonyl (C=O) groups is 1. The predicted molar refractivity (Wildman–Crippen MR) is 119 cm³/mol. The van der Waals surface area contributed by atoms with Crippen LogP contribution in [0.5, 0.6) is 5.88 Å². The minimum Gasteiger partial charge on any atom is -0.480 e. The maximum absolute atomic E-state index is 12.8. The number of hydrogen-bond acceptors (Lipinski definition) is 6. The monoisotopic (exact) mass is 460 g/mol. The SMILES string of the molecule is CCC(=O)n1cc(-c2cnc(OC)c(NS(=O)(=O)c3ccc(Cl)cc3)c2)ccc1=NC. The number of nitrogens with one attached hydrogen (secondary N) is 1. The van der Waals surface area contributed by atoms with Gasteiger partial charge in [-0.15, -0.1) is 0 Å². The molecule has 0 saturated carbocycles. The summed E-state index contributed by atoms with van der Waals surface area (Å²) >= 11 is 5.85. The number of hydrogen-bond donors (Lipinski definition) is 1. The normalized spacial score (nSPS) is 11.9. The Balaban J connectivity index is 2.05. The third kappa shape index (κ3) is 4.95. The lowest BCUT2D eigenvalue weighted by Gasteiger charge is -2.13. The number of halogens is 1. The van der Waals surface area contributed by atoms with Crippen molar-refractivity contribution in [3.63, 3.8) is 0 Å². The Morgan fingerprint density at radius 3 is 2.52 bits per heavy atom. The van der Waals surface area contributed by atoms with Gasteiger partial charge in [-0.05, 0) is 42.5 Å². The molecule has 0 fully saturated rings. The van der Waals surface area contributed by atoms with E-state index in [1.165, 1.54) is 42.1 Å². The molecule has 0 bridgehead atoms. The molecule has 0 spiro atoms. The van der Waals surface area contributed by atoms with Gasteiger partial charge >= 0.3 is 0 Å².